The number of nitrogens with zero attached hydrogens (tertiary/aromatic N) is 2. The van der Waals surface area contributed by atoms with E-state index in [2.05, 4.69) is 68.5 Å². The maximum atomic E-state index is 2.58. The molecule has 0 aromatic carbocycles. The normalized spacial score (nSPS) is 14.5. The molecule has 0 aromatic rings. The van der Waals surface area contributed by atoms with E-state index in [4.69, 9.17) is 0 Å². The Hall–Kier alpha value is 0.354. The Balaban J connectivity index is 3.86. The molecule has 0 N–H and O–H groups in total. The highest BCUT2D eigenvalue weighted by molar-refractivity contribution is 6.77. The predicted octanol–water partition coefficient (Wildman–Crippen LogP) is 4.45. The van der Waals surface area contributed by atoms with Crippen molar-refractivity contribution in [3.63, 3.8) is 0 Å². The highest BCUT2D eigenvalue weighted by Crippen LogP contribution is 2.21. The lowest BCUT2D eigenvalue weighted by Gasteiger charge is -2.33. The van der Waals surface area contributed by atoms with Crippen LogP contribution in [0.2, 0.25) is 38.3 Å². The van der Waals surface area contributed by atoms with Crippen molar-refractivity contribution in [1.82, 2.24) is 0 Å². The smallest absolute Gasteiger partial charge is 0.113 e. The van der Waals surface area contributed by atoms with E-state index in [1.807, 2.05) is 0 Å². The van der Waals surface area contributed by atoms with Gasteiger partial charge in [-0.25, -0.2) is 0 Å². The first-order chi connectivity index (χ1) is 9.62. The summed E-state index contributed by atoms with van der Waals surface area (Å²) in [6.07, 6.45) is 8.69. The lowest BCUT2D eigenvalue weighted by molar-refractivity contribution is -0.860. The zero-order chi connectivity index (χ0) is 17.7. The van der Waals surface area contributed by atoms with Crippen LogP contribution in [0.25, 0.3) is 0 Å². The van der Waals surface area contributed by atoms with E-state index in [1.54, 1.807) is 0 Å². The van der Waals surface area contributed by atoms with E-state index < -0.39 is 16.1 Å². The second-order valence-electron chi connectivity index (χ2n) is 11.1. The quantitative estimate of drug-likeness (QED) is 0.294. The Kier molecular flexibility index (Phi) is 8.59. The molecule has 0 aliphatic heterocycles. The van der Waals surface area contributed by atoms with Crippen molar-refractivity contribution in [2.45, 2.75) is 64.0 Å². The van der Waals surface area contributed by atoms with E-state index >= 15 is 0 Å². The van der Waals surface area contributed by atoms with E-state index in [9.17, 15) is 0 Å². The van der Waals surface area contributed by atoms with Crippen molar-refractivity contribution in [1.29, 1.82) is 0 Å². The van der Waals surface area contributed by atoms with Crippen LogP contribution in [0.3, 0.4) is 0 Å². The van der Waals surface area contributed by atoms with Gasteiger partial charge in [0.2, 0.25) is 0 Å². The lowest BCUT2D eigenvalue weighted by Crippen LogP contribution is -2.49. The molecule has 4 heteroatoms. The molecule has 0 amide bonds. The Bertz CT molecular complexity index is 280. The van der Waals surface area contributed by atoms with Gasteiger partial charge < -0.3 is 8.97 Å². The SMILES string of the molecule is C[N+](C)(C)C[Si](C)(C)CCCCCC[Si](C)(C)C[N+](C)(C)C. The maximum Gasteiger partial charge on any atom is 0.113 e. The van der Waals surface area contributed by atoms with Gasteiger partial charge in [-0.15, -0.1) is 0 Å². The molecule has 22 heavy (non-hydrogen) atoms. The highest BCUT2D eigenvalue weighted by Gasteiger charge is 2.29. The van der Waals surface area contributed by atoms with Gasteiger partial charge >= 0.3 is 0 Å². The van der Waals surface area contributed by atoms with Gasteiger partial charge in [-0.2, -0.15) is 0 Å². The first-order valence-corrected chi connectivity index (χ1v) is 16.1. The van der Waals surface area contributed by atoms with Gasteiger partial charge in [0.15, 0.2) is 0 Å². The summed E-state index contributed by atoms with van der Waals surface area (Å²) < 4.78 is 2.29. The van der Waals surface area contributed by atoms with Gasteiger partial charge in [0.1, 0.15) is 16.1 Å². The number of hydrogen-bond donors (Lipinski definition) is 0. The molecule has 0 atom stereocenters. The Morgan fingerprint density at radius 1 is 0.500 bits per heavy atom. The number of quaternary nitrogens is 2. The molecular weight excluding hydrogens is 300 g/mol. The fourth-order valence-electron chi connectivity index (χ4n) is 4.29. The standard InChI is InChI=1S/C18H46N2Si2/c1-19(2,3)17-21(7,8)15-13-11-12-14-16-22(9,10)18-20(4,5)6/h11-18H2,1-10H3/q+2. The number of hydrogen-bond acceptors (Lipinski definition) is 0. The summed E-state index contributed by atoms with van der Waals surface area (Å²) in [6.45, 7) is 10.3. The minimum absolute atomic E-state index is 0.989. The average Bonchev–Trinajstić information content (AvgIpc) is 2.15. The molecule has 0 aromatic heterocycles. The molecule has 0 fully saturated rings. The van der Waals surface area contributed by atoms with Crippen LogP contribution in [0.4, 0.5) is 0 Å². The van der Waals surface area contributed by atoms with Gasteiger partial charge in [0.05, 0.1) is 54.6 Å². The third-order valence-corrected chi connectivity index (χ3v) is 11.3. The van der Waals surface area contributed by atoms with Gasteiger partial charge in [0, 0.05) is 0 Å². The van der Waals surface area contributed by atoms with E-state index in [0.717, 1.165) is 8.97 Å². The van der Waals surface area contributed by atoms with Gasteiger partial charge in [0.25, 0.3) is 0 Å². The summed E-state index contributed by atoms with van der Waals surface area (Å²) in [5, 5.41) is 0. The predicted molar refractivity (Wildman–Crippen MR) is 109 cm³/mol. The molecule has 0 saturated heterocycles. The zero-order valence-electron chi connectivity index (χ0n) is 17.6. The molecule has 0 rings (SSSR count). The second-order valence-corrected chi connectivity index (χ2v) is 21.4. The van der Waals surface area contributed by atoms with Crippen LogP contribution >= 0.6 is 0 Å². The van der Waals surface area contributed by atoms with Gasteiger partial charge in [-0.05, 0) is 0 Å². The summed E-state index contributed by atoms with van der Waals surface area (Å²) in [5.74, 6) is 0. The van der Waals surface area contributed by atoms with Crippen molar-refractivity contribution < 1.29 is 8.97 Å². The highest BCUT2D eigenvalue weighted by atomic mass is 28.3. The van der Waals surface area contributed by atoms with E-state index in [1.165, 1.54) is 50.1 Å². The van der Waals surface area contributed by atoms with Crippen molar-refractivity contribution in [2.75, 3.05) is 54.6 Å². The van der Waals surface area contributed by atoms with E-state index in [-0.39, 0.29) is 0 Å². The fourth-order valence-corrected chi connectivity index (χ4v) is 12.2. The largest absolute Gasteiger partial charge is 0.334 e. The van der Waals surface area contributed by atoms with Crippen LogP contribution in [0, 0.1) is 0 Å². The van der Waals surface area contributed by atoms with Crippen LogP contribution in [0.15, 0.2) is 0 Å². The summed E-state index contributed by atoms with van der Waals surface area (Å²) in [6, 6.07) is 3.03. The maximum absolute atomic E-state index is 2.58. The molecule has 0 saturated carbocycles. The van der Waals surface area contributed by atoms with Crippen molar-refractivity contribution in [2.24, 2.45) is 0 Å². The van der Waals surface area contributed by atoms with E-state index in [0.29, 0.717) is 0 Å². The summed E-state index contributed by atoms with van der Waals surface area (Å²) in [5.41, 5.74) is 0. The van der Waals surface area contributed by atoms with Crippen LogP contribution in [-0.4, -0.2) is 79.7 Å². The fraction of sp³-hybridized carbons (Fsp3) is 1.00. The van der Waals surface area contributed by atoms with Crippen LogP contribution < -0.4 is 0 Å². The summed E-state index contributed by atoms with van der Waals surface area (Å²) in [4.78, 5) is 0. The molecular formula is C18H46N2Si2+2. The summed E-state index contributed by atoms with van der Waals surface area (Å²) >= 11 is 0. The average molecular weight is 347 g/mol. The molecule has 0 bridgehead atoms. The molecule has 0 aliphatic rings. The number of unbranched alkanes of at least 4 members (excludes halogenated alkanes) is 3. The minimum Gasteiger partial charge on any atom is -0.334 e. The van der Waals surface area contributed by atoms with Gasteiger partial charge in [-0.1, -0.05) is 64.0 Å². The Morgan fingerprint density at radius 3 is 1.00 bits per heavy atom. The van der Waals surface area contributed by atoms with Gasteiger partial charge in [-0.3, -0.25) is 0 Å². The Morgan fingerprint density at radius 2 is 0.773 bits per heavy atom. The first-order valence-electron chi connectivity index (χ1n) is 9.23. The lowest BCUT2D eigenvalue weighted by atomic mass is 10.2. The van der Waals surface area contributed by atoms with Crippen LogP contribution in [0.1, 0.15) is 25.7 Å². The molecule has 0 unspecified atom stereocenters. The first kappa shape index (κ1) is 22.4. The van der Waals surface area contributed by atoms with Crippen molar-refractivity contribution in [3.05, 3.63) is 0 Å². The molecule has 134 valence electrons. The Labute approximate surface area is 144 Å². The topological polar surface area (TPSA) is 0 Å². The van der Waals surface area contributed by atoms with Crippen molar-refractivity contribution in [3.8, 4) is 0 Å². The minimum atomic E-state index is -0.989. The van der Waals surface area contributed by atoms with Crippen LogP contribution in [-0.2, 0) is 0 Å². The molecule has 0 spiro atoms. The third kappa shape index (κ3) is 14.0. The zero-order valence-corrected chi connectivity index (χ0v) is 19.6. The third-order valence-electron chi connectivity index (χ3n) is 4.26. The van der Waals surface area contributed by atoms with Crippen molar-refractivity contribution >= 4 is 16.1 Å². The molecule has 0 radical (unpaired) electrons. The number of rotatable bonds is 11. The van der Waals surface area contributed by atoms with Crippen LogP contribution in [0.5, 0.6) is 0 Å². The monoisotopic (exact) mass is 346 g/mol. The molecule has 0 aliphatic carbocycles. The molecule has 0 heterocycles. The molecule has 2 nitrogen and oxygen atoms in total. The summed E-state index contributed by atoms with van der Waals surface area (Å²) in [7, 11) is 12.1. The second kappa shape index (κ2) is 8.45.